The molecule has 0 saturated carbocycles. The van der Waals surface area contributed by atoms with E-state index >= 15 is 0 Å². The van der Waals surface area contributed by atoms with Gasteiger partial charge in [-0.3, -0.25) is 15.7 Å². The fourth-order valence-corrected chi connectivity index (χ4v) is 3.12. The largest absolute Gasteiger partial charge is 0.494 e. The molecule has 0 spiro atoms. The number of para-hydroxylation sites is 1. The standard InChI is InChI=1S/C15H18N4OS/c1-2-20-14-6-4-3-5-12(14)13(18-16)9-11-10-19-7-8-21-15(19)17-11/h3-8,10,13,18H,2,9,16H2,1H3. The van der Waals surface area contributed by atoms with Gasteiger partial charge in [-0.15, -0.1) is 11.3 Å². The predicted molar refractivity (Wildman–Crippen MR) is 84.4 cm³/mol. The minimum atomic E-state index is -0.0302. The molecule has 0 fully saturated rings. The predicted octanol–water partition coefficient (Wildman–Crippen LogP) is 2.54. The van der Waals surface area contributed by atoms with Gasteiger partial charge >= 0.3 is 0 Å². The van der Waals surface area contributed by atoms with Crippen molar-refractivity contribution in [1.29, 1.82) is 0 Å². The smallest absolute Gasteiger partial charge is 0.193 e. The van der Waals surface area contributed by atoms with Crippen LogP contribution in [0.3, 0.4) is 0 Å². The fraction of sp³-hybridized carbons (Fsp3) is 0.267. The van der Waals surface area contributed by atoms with Crippen LogP contribution in [0.15, 0.2) is 42.0 Å². The van der Waals surface area contributed by atoms with Gasteiger partial charge in [0.25, 0.3) is 0 Å². The van der Waals surface area contributed by atoms with Crippen LogP contribution in [0.1, 0.15) is 24.2 Å². The van der Waals surface area contributed by atoms with E-state index in [9.17, 15) is 0 Å². The lowest BCUT2D eigenvalue weighted by molar-refractivity contribution is 0.331. The molecule has 2 aromatic heterocycles. The summed E-state index contributed by atoms with van der Waals surface area (Å²) in [5, 5.41) is 2.02. The molecule has 6 heteroatoms. The Balaban J connectivity index is 1.86. The van der Waals surface area contributed by atoms with Gasteiger partial charge in [0.2, 0.25) is 0 Å². The van der Waals surface area contributed by atoms with E-state index in [-0.39, 0.29) is 6.04 Å². The van der Waals surface area contributed by atoms with Gasteiger partial charge in [0.15, 0.2) is 4.96 Å². The van der Waals surface area contributed by atoms with Crippen molar-refractivity contribution in [2.75, 3.05) is 6.61 Å². The summed E-state index contributed by atoms with van der Waals surface area (Å²) in [6.45, 7) is 2.61. The Hall–Kier alpha value is -1.89. The van der Waals surface area contributed by atoms with Crippen LogP contribution in [-0.4, -0.2) is 16.0 Å². The SMILES string of the molecule is CCOc1ccccc1C(Cc1cn2ccsc2n1)NN. The van der Waals surface area contributed by atoms with Crippen LogP contribution in [-0.2, 0) is 6.42 Å². The fourth-order valence-electron chi connectivity index (χ4n) is 2.40. The summed E-state index contributed by atoms with van der Waals surface area (Å²) in [4.78, 5) is 5.61. The second kappa shape index (κ2) is 6.26. The number of aromatic nitrogens is 2. The number of rotatable bonds is 6. The van der Waals surface area contributed by atoms with Gasteiger partial charge < -0.3 is 4.74 Å². The Morgan fingerprint density at radius 2 is 2.29 bits per heavy atom. The molecule has 0 bridgehead atoms. The molecule has 0 radical (unpaired) electrons. The van der Waals surface area contributed by atoms with Gasteiger partial charge in [-0.2, -0.15) is 0 Å². The lowest BCUT2D eigenvalue weighted by atomic mass is 10.0. The average molecular weight is 302 g/mol. The van der Waals surface area contributed by atoms with Crippen molar-refractivity contribution in [3.63, 3.8) is 0 Å². The topological polar surface area (TPSA) is 64.6 Å². The summed E-state index contributed by atoms with van der Waals surface area (Å²) < 4.78 is 7.71. The molecule has 0 aliphatic carbocycles. The quantitative estimate of drug-likeness (QED) is 0.542. The molecule has 3 aromatic rings. The second-order valence-electron chi connectivity index (χ2n) is 4.72. The van der Waals surface area contributed by atoms with E-state index in [4.69, 9.17) is 10.6 Å². The number of hydrogen-bond acceptors (Lipinski definition) is 5. The van der Waals surface area contributed by atoms with E-state index in [0.29, 0.717) is 6.61 Å². The van der Waals surface area contributed by atoms with Crippen LogP contribution in [0.25, 0.3) is 4.96 Å². The molecule has 3 N–H and O–H groups in total. The molecule has 1 atom stereocenters. The van der Waals surface area contributed by atoms with E-state index < -0.39 is 0 Å². The number of fused-ring (bicyclic) bond motifs is 1. The van der Waals surface area contributed by atoms with Gasteiger partial charge in [0, 0.05) is 29.8 Å². The van der Waals surface area contributed by atoms with Crippen LogP contribution in [0.4, 0.5) is 0 Å². The molecule has 21 heavy (non-hydrogen) atoms. The number of benzene rings is 1. The van der Waals surface area contributed by atoms with Crippen LogP contribution in [0, 0.1) is 0 Å². The number of imidazole rings is 1. The summed E-state index contributed by atoms with van der Waals surface area (Å²) in [7, 11) is 0. The first-order valence-electron chi connectivity index (χ1n) is 6.90. The third-order valence-corrected chi connectivity index (χ3v) is 4.12. The highest BCUT2D eigenvalue weighted by atomic mass is 32.1. The molecular weight excluding hydrogens is 284 g/mol. The summed E-state index contributed by atoms with van der Waals surface area (Å²) in [6, 6.07) is 7.93. The summed E-state index contributed by atoms with van der Waals surface area (Å²) in [5.74, 6) is 6.61. The molecule has 0 saturated heterocycles. The van der Waals surface area contributed by atoms with Crippen molar-refractivity contribution < 1.29 is 4.74 Å². The highest BCUT2D eigenvalue weighted by molar-refractivity contribution is 7.15. The van der Waals surface area contributed by atoms with E-state index in [1.54, 1.807) is 11.3 Å². The lowest BCUT2D eigenvalue weighted by Crippen LogP contribution is -2.30. The summed E-state index contributed by atoms with van der Waals surface area (Å²) in [6.07, 6.45) is 4.77. The highest BCUT2D eigenvalue weighted by Crippen LogP contribution is 2.27. The van der Waals surface area contributed by atoms with Crippen molar-refractivity contribution in [1.82, 2.24) is 14.8 Å². The molecule has 110 valence electrons. The van der Waals surface area contributed by atoms with E-state index in [2.05, 4.69) is 10.4 Å². The van der Waals surface area contributed by atoms with Gasteiger partial charge in [0.05, 0.1) is 18.3 Å². The maximum Gasteiger partial charge on any atom is 0.193 e. The zero-order chi connectivity index (χ0) is 14.7. The Morgan fingerprint density at radius 1 is 1.43 bits per heavy atom. The number of nitrogens with one attached hydrogen (secondary N) is 1. The van der Waals surface area contributed by atoms with Gasteiger partial charge in [-0.25, -0.2) is 4.98 Å². The van der Waals surface area contributed by atoms with Gasteiger partial charge in [-0.1, -0.05) is 18.2 Å². The van der Waals surface area contributed by atoms with E-state index in [0.717, 1.165) is 28.4 Å². The molecule has 0 amide bonds. The average Bonchev–Trinajstić information content (AvgIpc) is 3.07. The molecular formula is C15H18N4OS. The van der Waals surface area contributed by atoms with Crippen LogP contribution in [0.5, 0.6) is 5.75 Å². The van der Waals surface area contributed by atoms with Crippen LogP contribution in [0.2, 0.25) is 0 Å². The van der Waals surface area contributed by atoms with Crippen LogP contribution >= 0.6 is 11.3 Å². The first-order chi connectivity index (χ1) is 10.3. The third kappa shape index (κ3) is 2.92. The summed E-state index contributed by atoms with van der Waals surface area (Å²) >= 11 is 1.63. The zero-order valence-electron chi connectivity index (χ0n) is 11.8. The first-order valence-corrected chi connectivity index (χ1v) is 7.78. The van der Waals surface area contributed by atoms with Crippen LogP contribution < -0.4 is 16.0 Å². The second-order valence-corrected chi connectivity index (χ2v) is 5.59. The number of hydrazine groups is 1. The minimum absolute atomic E-state index is 0.0302. The first kappa shape index (κ1) is 14.1. The molecule has 5 nitrogen and oxygen atoms in total. The maximum atomic E-state index is 5.75. The maximum absolute atomic E-state index is 5.75. The third-order valence-electron chi connectivity index (χ3n) is 3.35. The summed E-state index contributed by atoms with van der Waals surface area (Å²) in [5.41, 5.74) is 4.94. The number of nitrogens with zero attached hydrogens (tertiary/aromatic N) is 2. The Morgan fingerprint density at radius 3 is 3.05 bits per heavy atom. The molecule has 0 aliphatic rings. The Labute approximate surface area is 127 Å². The Bertz CT molecular complexity index is 693. The van der Waals surface area contributed by atoms with Crippen molar-refractivity contribution in [3.8, 4) is 5.75 Å². The zero-order valence-corrected chi connectivity index (χ0v) is 12.6. The molecule has 1 aromatic carbocycles. The number of thiazole rings is 1. The van der Waals surface area contributed by atoms with Crippen molar-refractivity contribution in [2.45, 2.75) is 19.4 Å². The van der Waals surface area contributed by atoms with E-state index in [1.807, 2.05) is 53.4 Å². The highest BCUT2D eigenvalue weighted by Gasteiger charge is 2.17. The van der Waals surface area contributed by atoms with Gasteiger partial charge in [-0.05, 0) is 13.0 Å². The molecule has 0 aliphatic heterocycles. The monoisotopic (exact) mass is 302 g/mol. The number of ether oxygens (including phenoxy) is 1. The lowest BCUT2D eigenvalue weighted by Gasteiger charge is -2.18. The van der Waals surface area contributed by atoms with Gasteiger partial charge in [0.1, 0.15) is 5.75 Å². The number of nitrogens with two attached hydrogens (primary N) is 1. The minimum Gasteiger partial charge on any atom is -0.494 e. The Kier molecular flexibility index (Phi) is 4.19. The number of hydrogen-bond donors (Lipinski definition) is 2. The molecule has 2 heterocycles. The van der Waals surface area contributed by atoms with Crippen molar-refractivity contribution in [3.05, 3.63) is 53.3 Å². The molecule has 1 unspecified atom stereocenters. The van der Waals surface area contributed by atoms with E-state index in [1.165, 1.54) is 0 Å². The molecule has 3 rings (SSSR count). The normalized spacial score (nSPS) is 12.7. The van der Waals surface area contributed by atoms with Crippen molar-refractivity contribution in [2.24, 2.45) is 5.84 Å². The van der Waals surface area contributed by atoms with Crippen molar-refractivity contribution >= 4 is 16.3 Å².